The second kappa shape index (κ2) is 21.4. The first-order chi connectivity index (χ1) is 25.4. The number of aliphatic hydroxyl groups excluding tert-OH is 3. The van der Waals surface area contributed by atoms with Gasteiger partial charge >= 0.3 is 19.2 Å². The predicted molar refractivity (Wildman–Crippen MR) is 196 cm³/mol. The van der Waals surface area contributed by atoms with Gasteiger partial charge in [0, 0.05) is 30.9 Å². The summed E-state index contributed by atoms with van der Waals surface area (Å²) in [6, 6.07) is 1.56. The molecular formula is C35H58N5O12P. The van der Waals surface area contributed by atoms with Crippen molar-refractivity contribution in [2.24, 2.45) is 0 Å². The van der Waals surface area contributed by atoms with Gasteiger partial charge in [0.05, 0.1) is 13.2 Å². The minimum atomic E-state index is -4.88. The Balaban J connectivity index is 1.16. The molecule has 53 heavy (non-hydrogen) atoms. The Labute approximate surface area is 309 Å². The van der Waals surface area contributed by atoms with Gasteiger partial charge < -0.3 is 35.0 Å². The van der Waals surface area contributed by atoms with Gasteiger partial charge in [-0.1, -0.05) is 90.4 Å². The molecule has 2 aliphatic rings. The normalized spacial score (nSPS) is 25.5. The molecule has 0 amide bonds. The van der Waals surface area contributed by atoms with Gasteiger partial charge in [-0.3, -0.25) is 28.0 Å². The van der Waals surface area contributed by atoms with E-state index in [1.54, 1.807) is 6.07 Å². The first-order valence-corrected chi connectivity index (χ1v) is 20.5. The van der Waals surface area contributed by atoms with E-state index in [9.17, 15) is 39.2 Å². The van der Waals surface area contributed by atoms with Crippen LogP contribution in [0.5, 0.6) is 0 Å². The van der Waals surface area contributed by atoms with Gasteiger partial charge in [-0.15, -0.1) is 0 Å². The number of phosphoric ester groups is 1. The lowest BCUT2D eigenvalue weighted by Gasteiger charge is -2.21. The number of unbranched alkanes of at least 4 members (excludes halogenated alkanes) is 13. The minimum absolute atomic E-state index is 0.145. The molecule has 4 unspecified atom stereocenters. The summed E-state index contributed by atoms with van der Waals surface area (Å²) in [5.41, 5.74) is -1.85. The molecule has 0 aromatic carbocycles. The minimum Gasteiger partial charge on any atom is -0.394 e. The molecule has 4 heterocycles. The highest BCUT2D eigenvalue weighted by Crippen LogP contribution is 2.49. The van der Waals surface area contributed by atoms with Gasteiger partial charge in [0.2, 0.25) is 0 Å². The zero-order chi connectivity index (χ0) is 38.4. The van der Waals surface area contributed by atoms with Crippen LogP contribution in [0, 0.1) is 6.92 Å². The van der Waals surface area contributed by atoms with Crippen molar-refractivity contribution in [2.75, 3.05) is 25.1 Å². The molecule has 0 saturated carbocycles. The quantitative estimate of drug-likeness (QED) is 0.0663. The molecule has 8 atom stereocenters. The van der Waals surface area contributed by atoms with Crippen LogP contribution in [0.15, 0.2) is 32.8 Å². The number of aryl methyl sites for hydroxylation is 1. The first-order valence-electron chi connectivity index (χ1n) is 19.0. The number of aromatic nitrogens is 4. The van der Waals surface area contributed by atoms with Gasteiger partial charge in [-0.25, -0.2) is 14.2 Å². The average Bonchev–Trinajstić information content (AvgIpc) is 3.65. The molecule has 0 bridgehead atoms. The number of nitrogens with one attached hydrogen (secondary N) is 2. The predicted octanol–water partition coefficient (Wildman–Crippen LogP) is 3.40. The maximum absolute atomic E-state index is 12.9. The molecule has 2 aromatic rings. The van der Waals surface area contributed by atoms with Crippen molar-refractivity contribution in [3.63, 3.8) is 0 Å². The van der Waals surface area contributed by atoms with E-state index in [1.807, 2.05) is 0 Å². The van der Waals surface area contributed by atoms with Gasteiger partial charge in [-0.05, 0) is 19.4 Å². The number of hydrogen-bond acceptors (Lipinski definition) is 13. The van der Waals surface area contributed by atoms with Crippen LogP contribution < -0.4 is 22.3 Å². The van der Waals surface area contributed by atoms with Crippen LogP contribution in [-0.2, 0) is 23.1 Å². The Morgan fingerprint density at radius 1 is 0.925 bits per heavy atom. The molecule has 300 valence electrons. The Morgan fingerprint density at radius 2 is 1.55 bits per heavy atom. The average molecular weight is 772 g/mol. The standard InChI is InChI=1S/C35H58N5O12P/c1-3-4-5-6-7-8-9-10-11-12-13-14-15-16-18-36-28-17-19-39(34(45)37-28)33-31(43)30(42)27(51-33)23-49-53(47,48)52-25-20-29(50-26(25)22-41)40-21-24(2)32(44)38-35(40)46/h17,19,21,25-27,29-31,33,41-43H,3-16,18,20,22-23H2,1-2H3,(H,47,48)(H,36,37,45)(H,38,44,46)/t25?,26?,27-,29?,30-,31-,33-/m1/s1. The molecule has 18 heteroatoms. The Hall–Kier alpha value is -2.73. The summed E-state index contributed by atoms with van der Waals surface area (Å²) in [5.74, 6) is 0.368. The van der Waals surface area contributed by atoms with Crippen LogP contribution in [0.2, 0.25) is 0 Å². The van der Waals surface area contributed by atoms with Crippen LogP contribution in [0.4, 0.5) is 5.82 Å². The molecule has 2 fully saturated rings. The van der Waals surface area contributed by atoms with Crippen LogP contribution in [0.25, 0.3) is 0 Å². The lowest BCUT2D eigenvalue weighted by Crippen LogP contribution is -2.36. The number of aliphatic hydroxyl groups is 3. The molecule has 6 N–H and O–H groups in total. The van der Waals surface area contributed by atoms with E-state index in [4.69, 9.17) is 18.5 Å². The summed E-state index contributed by atoms with van der Waals surface area (Å²) in [6.45, 7) is 3.06. The fraction of sp³-hybridized carbons (Fsp3) is 0.771. The molecule has 0 spiro atoms. The topological polar surface area (TPSA) is 237 Å². The summed E-state index contributed by atoms with van der Waals surface area (Å²) in [7, 11) is -4.88. The number of hydrogen-bond donors (Lipinski definition) is 6. The number of ether oxygens (including phenoxy) is 2. The van der Waals surface area contributed by atoms with E-state index in [0.717, 1.165) is 28.4 Å². The Morgan fingerprint density at radius 3 is 2.15 bits per heavy atom. The molecule has 0 radical (unpaired) electrons. The lowest BCUT2D eigenvalue weighted by atomic mass is 10.0. The number of phosphoric acid groups is 1. The van der Waals surface area contributed by atoms with E-state index in [0.29, 0.717) is 12.4 Å². The maximum Gasteiger partial charge on any atom is 0.472 e. The van der Waals surface area contributed by atoms with E-state index in [-0.39, 0.29) is 12.0 Å². The second-order valence-corrected chi connectivity index (χ2v) is 15.4. The summed E-state index contributed by atoms with van der Waals surface area (Å²) in [6.07, 6.45) is 11.0. The number of rotatable bonds is 24. The van der Waals surface area contributed by atoms with E-state index in [2.05, 4.69) is 22.2 Å². The number of H-pyrrole nitrogens is 1. The van der Waals surface area contributed by atoms with Crippen molar-refractivity contribution >= 4 is 13.6 Å². The SMILES string of the molecule is CCCCCCCCCCCCCCCCNc1ccn([C@@H]2O[C@H](COP(=O)(O)OC3CC(n4cc(C)c(=O)[nH]c4=O)OC3CO)[C@@H](O)[C@H]2O)c(=O)n1. The van der Waals surface area contributed by atoms with Gasteiger partial charge in [-0.2, -0.15) is 4.98 Å². The van der Waals surface area contributed by atoms with Crippen LogP contribution in [0.3, 0.4) is 0 Å². The Bertz CT molecular complexity index is 1640. The van der Waals surface area contributed by atoms with E-state index < -0.39 is 81.0 Å². The molecule has 0 aliphatic carbocycles. The van der Waals surface area contributed by atoms with Gasteiger partial charge in [0.25, 0.3) is 5.56 Å². The summed E-state index contributed by atoms with van der Waals surface area (Å²) >= 11 is 0. The van der Waals surface area contributed by atoms with Crippen molar-refractivity contribution in [3.05, 3.63) is 55.3 Å². The molecule has 2 saturated heterocycles. The number of aromatic amines is 1. The van der Waals surface area contributed by atoms with Crippen LogP contribution >= 0.6 is 7.82 Å². The Kier molecular flexibility index (Phi) is 17.4. The van der Waals surface area contributed by atoms with Crippen molar-refractivity contribution in [2.45, 2.75) is 153 Å². The second-order valence-electron chi connectivity index (χ2n) is 14.0. The monoisotopic (exact) mass is 771 g/mol. The molecule has 2 aliphatic heterocycles. The van der Waals surface area contributed by atoms with E-state index >= 15 is 0 Å². The van der Waals surface area contributed by atoms with Crippen molar-refractivity contribution < 1.29 is 43.3 Å². The molecule has 4 rings (SSSR count). The highest BCUT2D eigenvalue weighted by Gasteiger charge is 2.46. The van der Waals surface area contributed by atoms with E-state index in [1.165, 1.54) is 89.9 Å². The number of anilines is 1. The van der Waals surface area contributed by atoms with Crippen molar-refractivity contribution in [1.29, 1.82) is 0 Å². The maximum atomic E-state index is 12.9. The fourth-order valence-electron chi connectivity index (χ4n) is 6.65. The van der Waals surface area contributed by atoms with Crippen molar-refractivity contribution in [1.82, 2.24) is 19.1 Å². The molecule has 2 aromatic heterocycles. The first kappa shape index (κ1) is 43.0. The summed E-state index contributed by atoms with van der Waals surface area (Å²) in [5, 5.41) is 34.2. The third-order valence-corrected chi connectivity index (χ3v) is 10.8. The van der Waals surface area contributed by atoms with Gasteiger partial charge in [0.1, 0.15) is 42.6 Å². The van der Waals surface area contributed by atoms with Crippen LogP contribution in [-0.4, -0.2) is 89.6 Å². The van der Waals surface area contributed by atoms with Crippen LogP contribution in [0.1, 0.15) is 121 Å². The lowest BCUT2D eigenvalue weighted by molar-refractivity contribution is -0.0614. The zero-order valence-electron chi connectivity index (χ0n) is 30.8. The molecular weight excluding hydrogens is 713 g/mol. The smallest absolute Gasteiger partial charge is 0.394 e. The fourth-order valence-corrected chi connectivity index (χ4v) is 7.61. The number of nitrogens with zero attached hydrogens (tertiary/aromatic N) is 3. The van der Waals surface area contributed by atoms with Crippen molar-refractivity contribution in [3.8, 4) is 0 Å². The summed E-state index contributed by atoms with van der Waals surface area (Å²) in [4.78, 5) is 53.5. The highest BCUT2D eigenvalue weighted by molar-refractivity contribution is 7.47. The summed E-state index contributed by atoms with van der Waals surface area (Å²) < 4.78 is 36.6. The zero-order valence-corrected chi connectivity index (χ0v) is 31.7. The highest BCUT2D eigenvalue weighted by atomic mass is 31.2. The third kappa shape index (κ3) is 12.9. The third-order valence-electron chi connectivity index (χ3n) is 9.76. The largest absolute Gasteiger partial charge is 0.472 e. The molecule has 17 nitrogen and oxygen atoms in total. The van der Waals surface area contributed by atoms with Gasteiger partial charge in [0.15, 0.2) is 6.23 Å².